The normalized spacial score (nSPS) is 18.7. The second-order valence-electron chi connectivity index (χ2n) is 8.65. The maximum Gasteiger partial charge on any atom is 0.246 e. The second kappa shape index (κ2) is 10.2. The number of nitrogens with one attached hydrogen (secondary N) is 1. The van der Waals surface area contributed by atoms with E-state index in [0.717, 1.165) is 16.4 Å². The van der Waals surface area contributed by atoms with Crippen LogP contribution < -0.4 is 5.32 Å². The molecule has 0 radical (unpaired) electrons. The number of halogens is 2. The monoisotopic (exact) mass is 495 g/mol. The molecule has 2 aliphatic rings. The Morgan fingerprint density at radius 1 is 1.00 bits per heavy atom. The molecule has 0 saturated carbocycles. The van der Waals surface area contributed by atoms with Gasteiger partial charge in [-0.15, -0.1) is 0 Å². The van der Waals surface area contributed by atoms with Crippen molar-refractivity contribution < 1.29 is 31.2 Å². The molecule has 2 fully saturated rings. The van der Waals surface area contributed by atoms with Crippen LogP contribution in [0.15, 0.2) is 45.9 Å². The standard InChI is InChI=1S/C23H27F2N3O5S/c24-18-3-4-20(25)21(14-18)34(31,32)28-11-7-17(8-12-28)23(30)27-9-5-16(6-10-27)22(29)26-15-19-2-1-13-33-19/h1-4,13-14,16-17H,5-12,15H2,(H,26,29). The number of nitrogens with zero attached hydrogens (tertiary/aromatic N) is 2. The lowest BCUT2D eigenvalue weighted by Gasteiger charge is -2.36. The highest BCUT2D eigenvalue weighted by Crippen LogP contribution is 2.28. The van der Waals surface area contributed by atoms with E-state index in [1.54, 1.807) is 23.3 Å². The first-order chi connectivity index (χ1) is 16.3. The van der Waals surface area contributed by atoms with Gasteiger partial charge in [0.25, 0.3) is 0 Å². The van der Waals surface area contributed by atoms with Gasteiger partial charge in [0, 0.05) is 38.0 Å². The molecule has 0 unspecified atom stereocenters. The predicted octanol–water partition coefficient (Wildman–Crippen LogP) is 2.51. The van der Waals surface area contributed by atoms with Gasteiger partial charge in [0.05, 0.1) is 12.8 Å². The number of carbonyl (C=O) groups excluding carboxylic acids is 2. The molecule has 1 N–H and O–H groups in total. The molecule has 11 heteroatoms. The van der Waals surface area contributed by atoms with E-state index in [-0.39, 0.29) is 36.7 Å². The van der Waals surface area contributed by atoms with Crippen LogP contribution in [0.4, 0.5) is 8.78 Å². The van der Waals surface area contributed by atoms with E-state index in [1.165, 1.54) is 0 Å². The number of rotatable bonds is 6. The van der Waals surface area contributed by atoms with Gasteiger partial charge in [-0.05, 0) is 56.0 Å². The summed E-state index contributed by atoms with van der Waals surface area (Å²) in [6, 6.07) is 5.87. The summed E-state index contributed by atoms with van der Waals surface area (Å²) in [6.45, 7) is 1.36. The molecular formula is C23H27F2N3O5S. The Hall–Kier alpha value is -2.79. The van der Waals surface area contributed by atoms with E-state index < -0.39 is 26.6 Å². The quantitative estimate of drug-likeness (QED) is 0.664. The van der Waals surface area contributed by atoms with E-state index in [4.69, 9.17) is 4.42 Å². The molecular weight excluding hydrogens is 468 g/mol. The zero-order valence-corrected chi connectivity index (χ0v) is 19.4. The van der Waals surface area contributed by atoms with Crippen molar-refractivity contribution in [1.29, 1.82) is 0 Å². The van der Waals surface area contributed by atoms with Crippen molar-refractivity contribution in [3.8, 4) is 0 Å². The Morgan fingerprint density at radius 2 is 1.68 bits per heavy atom. The van der Waals surface area contributed by atoms with Gasteiger partial charge in [0.1, 0.15) is 22.3 Å². The van der Waals surface area contributed by atoms with Gasteiger partial charge in [0.15, 0.2) is 0 Å². The number of carbonyl (C=O) groups is 2. The van der Waals surface area contributed by atoms with Gasteiger partial charge >= 0.3 is 0 Å². The third-order valence-corrected chi connectivity index (χ3v) is 8.42. The number of benzene rings is 1. The summed E-state index contributed by atoms with van der Waals surface area (Å²) in [5.74, 6) is -1.79. The van der Waals surface area contributed by atoms with E-state index in [0.29, 0.717) is 57.1 Å². The zero-order chi connectivity index (χ0) is 24.3. The molecule has 2 aliphatic heterocycles. The number of likely N-dealkylation sites (tertiary alicyclic amines) is 1. The van der Waals surface area contributed by atoms with Crippen molar-refractivity contribution in [2.45, 2.75) is 37.1 Å². The molecule has 34 heavy (non-hydrogen) atoms. The Labute approximate surface area is 196 Å². The lowest BCUT2D eigenvalue weighted by atomic mass is 9.92. The van der Waals surface area contributed by atoms with Crippen LogP contribution in [0.2, 0.25) is 0 Å². The van der Waals surface area contributed by atoms with Crippen molar-refractivity contribution >= 4 is 21.8 Å². The molecule has 2 aromatic rings. The number of sulfonamides is 1. The summed E-state index contributed by atoms with van der Waals surface area (Å²) in [6.07, 6.45) is 3.27. The largest absolute Gasteiger partial charge is 0.467 e. The highest BCUT2D eigenvalue weighted by atomic mass is 32.2. The van der Waals surface area contributed by atoms with Gasteiger partial charge < -0.3 is 14.6 Å². The molecule has 1 aromatic heterocycles. The summed E-state index contributed by atoms with van der Waals surface area (Å²) in [4.78, 5) is 26.4. The molecule has 184 valence electrons. The average Bonchev–Trinajstić information content (AvgIpc) is 3.37. The first-order valence-corrected chi connectivity index (χ1v) is 12.7. The molecule has 0 aliphatic carbocycles. The molecule has 3 heterocycles. The smallest absolute Gasteiger partial charge is 0.246 e. The van der Waals surface area contributed by atoms with Gasteiger partial charge in [-0.25, -0.2) is 17.2 Å². The number of hydrogen-bond acceptors (Lipinski definition) is 5. The molecule has 0 spiro atoms. The lowest BCUT2D eigenvalue weighted by molar-refractivity contribution is -0.140. The lowest BCUT2D eigenvalue weighted by Crippen LogP contribution is -2.48. The highest BCUT2D eigenvalue weighted by Gasteiger charge is 2.36. The Bertz CT molecular complexity index is 1120. The summed E-state index contributed by atoms with van der Waals surface area (Å²) in [5, 5.41) is 2.85. The zero-order valence-electron chi connectivity index (χ0n) is 18.6. The van der Waals surface area contributed by atoms with Crippen LogP contribution >= 0.6 is 0 Å². The number of amides is 2. The van der Waals surface area contributed by atoms with Gasteiger partial charge in [-0.1, -0.05) is 0 Å². The molecule has 1 aromatic carbocycles. The van der Waals surface area contributed by atoms with E-state index in [2.05, 4.69) is 5.32 Å². The Balaban J connectivity index is 1.26. The Kier molecular flexibility index (Phi) is 7.32. The van der Waals surface area contributed by atoms with Gasteiger partial charge in [-0.2, -0.15) is 4.31 Å². The fourth-order valence-corrected chi connectivity index (χ4v) is 6.05. The SMILES string of the molecule is O=C(NCc1ccco1)C1CCN(C(=O)C2CCN(S(=O)(=O)c3cc(F)ccc3F)CC2)CC1. The van der Waals surface area contributed by atoms with Crippen molar-refractivity contribution in [1.82, 2.24) is 14.5 Å². The third-order valence-electron chi connectivity index (χ3n) is 6.51. The first kappa shape index (κ1) is 24.3. The minimum Gasteiger partial charge on any atom is -0.467 e. The molecule has 2 saturated heterocycles. The van der Waals surface area contributed by atoms with E-state index >= 15 is 0 Å². The molecule has 2 amide bonds. The minimum atomic E-state index is -4.19. The van der Waals surface area contributed by atoms with Crippen LogP contribution in [-0.2, 0) is 26.2 Å². The molecule has 0 bridgehead atoms. The van der Waals surface area contributed by atoms with Gasteiger partial charge in [-0.3, -0.25) is 9.59 Å². The molecule has 4 rings (SSSR count). The number of furan rings is 1. The summed E-state index contributed by atoms with van der Waals surface area (Å²) < 4.78 is 59.3. The van der Waals surface area contributed by atoms with Crippen LogP contribution in [0.1, 0.15) is 31.4 Å². The number of hydrogen-bond donors (Lipinski definition) is 1. The third kappa shape index (κ3) is 5.30. The maximum absolute atomic E-state index is 14.0. The van der Waals surface area contributed by atoms with Crippen LogP contribution in [-0.4, -0.2) is 55.6 Å². The van der Waals surface area contributed by atoms with E-state index in [1.807, 2.05) is 0 Å². The Morgan fingerprint density at radius 3 is 2.32 bits per heavy atom. The minimum absolute atomic E-state index is 0.0524. The topological polar surface area (TPSA) is 99.9 Å². The van der Waals surface area contributed by atoms with Crippen molar-refractivity contribution in [2.75, 3.05) is 26.2 Å². The maximum atomic E-state index is 14.0. The summed E-state index contributed by atoms with van der Waals surface area (Å²) >= 11 is 0. The second-order valence-corrected chi connectivity index (χ2v) is 10.6. The van der Waals surface area contributed by atoms with Crippen LogP contribution in [0.3, 0.4) is 0 Å². The summed E-state index contributed by atoms with van der Waals surface area (Å²) in [7, 11) is -4.19. The van der Waals surface area contributed by atoms with Crippen LogP contribution in [0.5, 0.6) is 0 Å². The number of piperidine rings is 2. The highest BCUT2D eigenvalue weighted by molar-refractivity contribution is 7.89. The fourth-order valence-electron chi connectivity index (χ4n) is 4.51. The average molecular weight is 496 g/mol. The summed E-state index contributed by atoms with van der Waals surface area (Å²) in [5.41, 5.74) is 0. The fraction of sp³-hybridized carbons (Fsp3) is 0.478. The van der Waals surface area contributed by atoms with Crippen molar-refractivity contribution in [3.63, 3.8) is 0 Å². The molecule has 8 nitrogen and oxygen atoms in total. The van der Waals surface area contributed by atoms with Crippen LogP contribution in [0, 0.1) is 23.5 Å². The van der Waals surface area contributed by atoms with Gasteiger partial charge in [0.2, 0.25) is 21.8 Å². The van der Waals surface area contributed by atoms with Crippen molar-refractivity contribution in [2.24, 2.45) is 11.8 Å². The van der Waals surface area contributed by atoms with Crippen LogP contribution in [0.25, 0.3) is 0 Å². The van der Waals surface area contributed by atoms with E-state index in [9.17, 15) is 26.8 Å². The first-order valence-electron chi connectivity index (χ1n) is 11.3. The molecule has 0 atom stereocenters. The van der Waals surface area contributed by atoms with Crippen molar-refractivity contribution in [3.05, 3.63) is 54.0 Å². The predicted molar refractivity (Wildman–Crippen MR) is 118 cm³/mol.